The lowest BCUT2D eigenvalue weighted by Crippen LogP contribution is -2.30. The zero-order valence-corrected chi connectivity index (χ0v) is 15.3. The van der Waals surface area contributed by atoms with E-state index in [2.05, 4.69) is 45.3 Å². The molecule has 0 aliphatic carbocycles. The molecule has 2 amide bonds. The summed E-state index contributed by atoms with van der Waals surface area (Å²) in [4.78, 5) is 16.4. The zero-order valence-electron chi connectivity index (χ0n) is 13.8. The first-order chi connectivity index (χ1) is 12.1. The minimum Gasteiger partial charge on any atom is -0.338 e. The Morgan fingerprint density at radius 2 is 1.84 bits per heavy atom. The molecule has 0 saturated carbocycles. The number of hydrogen-bond acceptors (Lipinski definition) is 3. The molecule has 2 N–H and O–H groups in total. The number of nitrogens with zero attached hydrogens (tertiary/aromatic N) is 1. The fourth-order valence-electron chi connectivity index (χ4n) is 2.37. The molecule has 1 aromatic heterocycles. The first kappa shape index (κ1) is 17.5. The van der Waals surface area contributed by atoms with Gasteiger partial charge < -0.3 is 10.6 Å². The summed E-state index contributed by atoms with van der Waals surface area (Å²) in [7, 11) is 0. The second-order valence-electron chi connectivity index (χ2n) is 5.59. The molecule has 0 aliphatic heterocycles. The molecule has 25 heavy (non-hydrogen) atoms. The fraction of sp³-hybridized carbons (Fsp3) is 0.158. The van der Waals surface area contributed by atoms with Crippen LogP contribution in [0.5, 0.6) is 0 Å². The number of aromatic nitrogens is 1. The summed E-state index contributed by atoms with van der Waals surface area (Å²) < 4.78 is 0. The molecule has 0 radical (unpaired) electrons. The number of hydrogen-bond donors (Lipinski definition) is 2. The number of aryl methyl sites for hydroxylation is 1. The van der Waals surface area contributed by atoms with Gasteiger partial charge in [0.1, 0.15) is 0 Å². The van der Waals surface area contributed by atoms with E-state index >= 15 is 0 Å². The van der Waals surface area contributed by atoms with E-state index in [1.165, 1.54) is 5.56 Å². The van der Waals surface area contributed by atoms with E-state index < -0.39 is 0 Å². The van der Waals surface area contributed by atoms with Gasteiger partial charge in [0.2, 0.25) is 0 Å². The van der Waals surface area contributed by atoms with Crippen molar-refractivity contribution in [2.45, 2.75) is 13.3 Å². The summed E-state index contributed by atoms with van der Waals surface area (Å²) in [6, 6.07) is 15.1. The van der Waals surface area contributed by atoms with Crippen LogP contribution >= 0.6 is 22.9 Å². The van der Waals surface area contributed by atoms with E-state index in [0.29, 0.717) is 17.3 Å². The Labute approximate surface area is 155 Å². The van der Waals surface area contributed by atoms with E-state index in [0.717, 1.165) is 22.7 Å². The lowest BCUT2D eigenvalue weighted by Gasteiger charge is -2.08. The Kier molecular flexibility index (Phi) is 5.68. The molecule has 0 bridgehead atoms. The zero-order chi connectivity index (χ0) is 17.6. The van der Waals surface area contributed by atoms with Gasteiger partial charge in [0.15, 0.2) is 0 Å². The van der Waals surface area contributed by atoms with Crippen LogP contribution in [0.2, 0.25) is 5.02 Å². The van der Waals surface area contributed by atoms with Crippen LogP contribution in [0.3, 0.4) is 0 Å². The van der Waals surface area contributed by atoms with Crippen molar-refractivity contribution in [3.8, 4) is 11.3 Å². The fourth-order valence-corrected chi connectivity index (χ4v) is 3.12. The highest BCUT2D eigenvalue weighted by atomic mass is 35.5. The summed E-state index contributed by atoms with van der Waals surface area (Å²) >= 11 is 7.47. The molecule has 128 valence electrons. The van der Waals surface area contributed by atoms with Gasteiger partial charge in [0, 0.05) is 28.2 Å². The lowest BCUT2D eigenvalue weighted by atomic mass is 10.1. The molecule has 4 nitrogen and oxygen atoms in total. The van der Waals surface area contributed by atoms with Gasteiger partial charge >= 0.3 is 6.03 Å². The molecule has 3 rings (SSSR count). The van der Waals surface area contributed by atoms with Crippen molar-refractivity contribution in [3.63, 3.8) is 0 Å². The van der Waals surface area contributed by atoms with E-state index in [4.69, 9.17) is 11.6 Å². The predicted octanol–water partition coefficient (Wildman–Crippen LogP) is 5.14. The van der Waals surface area contributed by atoms with E-state index in [9.17, 15) is 4.79 Å². The predicted molar refractivity (Wildman–Crippen MR) is 104 cm³/mol. The van der Waals surface area contributed by atoms with Crippen LogP contribution in [0.4, 0.5) is 10.5 Å². The van der Waals surface area contributed by atoms with Gasteiger partial charge in [-0.15, -0.1) is 11.3 Å². The van der Waals surface area contributed by atoms with Gasteiger partial charge in [-0.3, -0.25) is 0 Å². The highest BCUT2D eigenvalue weighted by Gasteiger charge is 2.04. The third-order valence-corrected chi connectivity index (χ3v) is 4.70. The Bertz CT molecular complexity index is 844. The van der Waals surface area contributed by atoms with Gasteiger partial charge in [-0.2, -0.15) is 0 Å². The van der Waals surface area contributed by atoms with Crippen LogP contribution in [0, 0.1) is 6.92 Å². The molecular weight excluding hydrogens is 354 g/mol. The van der Waals surface area contributed by atoms with Crippen LogP contribution in [-0.2, 0) is 6.42 Å². The first-order valence-corrected chi connectivity index (χ1v) is 9.18. The van der Waals surface area contributed by atoms with Crippen LogP contribution in [-0.4, -0.2) is 17.6 Å². The smallest absolute Gasteiger partial charge is 0.319 e. The summed E-state index contributed by atoms with van der Waals surface area (Å²) in [6.45, 7) is 2.57. The number of nitrogens with one attached hydrogen (secondary N) is 2. The summed E-state index contributed by atoms with van der Waals surface area (Å²) in [6.07, 6.45) is 0.768. The van der Waals surface area contributed by atoms with E-state index in [1.54, 1.807) is 35.6 Å². The van der Waals surface area contributed by atoms with Crippen LogP contribution < -0.4 is 10.6 Å². The van der Waals surface area contributed by atoms with Crippen molar-refractivity contribution in [2.24, 2.45) is 0 Å². The highest BCUT2D eigenvalue weighted by Crippen LogP contribution is 2.21. The van der Waals surface area contributed by atoms with Crippen molar-refractivity contribution in [3.05, 3.63) is 69.5 Å². The Morgan fingerprint density at radius 3 is 2.48 bits per heavy atom. The molecule has 2 aromatic carbocycles. The van der Waals surface area contributed by atoms with Crippen LogP contribution in [0.1, 0.15) is 10.6 Å². The van der Waals surface area contributed by atoms with Crippen molar-refractivity contribution in [2.75, 3.05) is 11.9 Å². The molecule has 0 fully saturated rings. The van der Waals surface area contributed by atoms with E-state index in [-0.39, 0.29) is 6.03 Å². The molecule has 3 aromatic rings. The Morgan fingerprint density at radius 1 is 1.12 bits per heavy atom. The molecule has 0 saturated heterocycles. The van der Waals surface area contributed by atoms with Gasteiger partial charge in [0.05, 0.1) is 10.7 Å². The summed E-state index contributed by atoms with van der Waals surface area (Å²) in [5.74, 6) is 0. The Hall–Kier alpha value is -2.37. The van der Waals surface area contributed by atoms with Crippen LogP contribution in [0.15, 0.2) is 53.9 Å². The van der Waals surface area contributed by atoms with Gasteiger partial charge in [-0.25, -0.2) is 9.78 Å². The molecule has 0 aliphatic rings. The highest BCUT2D eigenvalue weighted by molar-refractivity contribution is 7.09. The minimum atomic E-state index is -0.225. The molecular formula is C19H18ClN3OS. The Balaban J connectivity index is 1.47. The third kappa shape index (κ3) is 5.05. The van der Waals surface area contributed by atoms with Gasteiger partial charge in [-0.05, 0) is 43.2 Å². The summed E-state index contributed by atoms with van der Waals surface area (Å²) in [5, 5.41) is 9.39. The topological polar surface area (TPSA) is 54.0 Å². The number of thiazole rings is 1. The SMILES string of the molecule is Cc1nc(-c2ccc(CCNC(=O)Nc3ccc(Cl)cc3)cc2)cs1. The molecule has 0 unspecified atom stereocenters. The van der Waals surface area contributed by atoms with Gasteiger partial charge in [0.25, 0.3) is 0 Å². The number of rotatable bonds is 5. The number of anilines is 1. The number of amides is 2. The van der Waals surface area contributed by atoms with Crippen molar-refractivity contribution >= 4 is 34.7 Å². The second-order valence-corrected chi connectivity index (χ2v) is 7.09. The largest absolute Gasteiger partial charge is 0.338 e. The molecule has 0 atom stereocenters. The summed E-state index contributed by atoms with van der Waals surface area (Å²) in [5.41, 5.74) is 4.00. The molecule has 0 spiro atoms. The lowest BCUT2D eigenvalue weighted by molar-refractivity contribution is 0.252. The third-order valence-electron chi connectivity index (χ3n) is 3.67. The van der Waals surface area contributed by atoms with Crippen molar-refractivity contribution in [1.29, 1.82) is 0 Å². The number of benzene rings is 2. The maximum atomic E-state index is 11.9. The number of carbonyl (C=O) groups is 1. The standard InChI is InChI=1S/C19H18ClN3OS/c1-13-22-18(12-25-13)15-4-2-14(3-5-15)10-11-21-19(24)23-17-8-6-16(20)7-9-17/h2-9,12H,10-11H2,1H3,(H2,21,23,24). The maximum absolute atomic E-state index is 11.9. The van der Waals surface area contributed by atoms with Crippen molar-refractivity contribution in [1.82, 2.24) is 10.3 Å². The molecule has 1 heterocycles. The monoisotopic (exact) mass is 371 g/mol. The average molecular weight is 372 g/mol. The number of carbonyl (C=O) groups excluding carboxylic acids is 1. The molecule has 6 heteroatoms. The normalized spacial score (nSPS) is 10.5. The quantitative estimate of drug-likeness (QED) is 0.652. The first-order valence-electron chi connectivity index (χ1n) is 7.92. The number of halogens is 1. The van der Waals surface area contributed by atoms with Crippen LogP contribution in [0.25, 0.3) is 11.3 Å². The minimum absolute atomic E-state index is 0.225. The second kappa shape index (κ2) is 8.14. The van der Waals surface area contributed by atoms with Gasteiger partial charge in [-0.1, -0.05) is 35.9 Å². The maximum Gasteiger partial charge on any atom is 0.319 e. The number of urea groups is 1. The average Bonchev–Trinajstić information content (AvgIpc) is 3.04. The van der Waals surface area contributed by atoms with E-state index in [1.807, 2.05) is 6.92 Å². The van der Waals surface area contributed by atoms with Crippen molar-refractivity contribution < 1.29 is 4.79 Å².